The Morgan fingerprint density at radius 1 is 1.21 bits per heavy atom. The van der Waals surface area contributed by atoms with Crippen molar-refractivity contribution in [2.75, 3.05) is 0 Å². The molecule has 3 N–H and O–H groups in total. The Morgan fingerprint density at radius 2 is 2.05 bits per heavy atom. The highest BCUT2D eigenvalue weighted by molar-refractivity contribution is 5.83. The Kier molecular flexibility index (Phi) is 2.79. The van der Waals surface area contributed by atoms with Gasteiger partial charge in [-0.15, -0.1) is 0 Å². The number of rotatable bonds is 3. The molecule has 0 atom stereocenters. The maximum atomic E-state index is 11.0. The van der Waals surface area contributed by atoms with Crippen LogP contribution in [0.15, 0.2) is 41.3 Å². The molecular formula is C14H13N3O2. The van der Waals surface area contributed by atoms with E-state index in [-0.39, 0.29) is 5.75 Å². The molecule has 0 fully saturated rings. The summed E-state index contributed by atoms with van der Waals surface area (Å²) in [5.74, 6) is -0.288. The van der Waals surface area contributed by atoms with Gasteiger partial charge < -0.3 is 10.1 Å². The van der Waals surface area contributed by atoms with Crippen molar-refractivity contribution in [3.05, 3.63) is 58.1 Å². The number of aromatic hydroxyl groups is 1. The van der Waals surface area contributed by atoms with Gasteiger partial charge in [-0.05, 0) is 24.5 Å². The third-order valence-corrected chi connectivity index (χ3v) is 3.16. The van der Waals surface area contributed by atoms with Gasteiger partial charge in [-0.3, -0.25) is 4.79 Å². The number of para-hydroxylation sites is 1. The number of aromatic nitrogens is 3. The van der Waals surface area contributed by atoms with Gasteiger partial charge in [0.1, 0.15) is 0 Å². The minimum Gasteiger partial charge on any atom is -0.503 e. The van der Waals surface area contributed by atoms with E-state index in [1.54, 1.807) is 0 Å². The minimum atomic E-state index is -0.559. The average molecular weight is 255 g/mol. The first-order valence-electron chi connectivity index (χ1n) is 6.06. The van der Waals surface area contributed by atoms with Crippen LogP contribution in [0, 0.1) is 0 Å². The quantitative estimate of drug-likeness (QED) is 0.666. The van der Waals surface area contributed by atoms with Crippen molar-refractivity contribution in [3.8, 4) is 5.75 Å². The molecule has 0 aliphatic carbocycles. The van der Waals surface area contributed by atoms with Crippen molar-refractivity contribution >= 4 is 10.9 Å². The molecular weight excluding hydrogens is 242 g/mol. The molecule has 0 bridgehead atoms. The first kappa shape index (κ1) is 11.5. The van der Waals surface area contributed by atoms with Gasteiger partial charge in [0, 0.05) is 23.2 Å². The molecule has 0 radical (unpaired) electrons. The summed E-state index contributed by atoms with van der Waals surface area (Å²) in [5.41, 5.74) is 2.41. The zero-order valence-corrected chi connectivity index (χ0v) is 10.2. The number of hydrogen-bond acceptors (Lipinski definition) is 3. The van der Waals surface area contributed by atoms with E-state index in [9.17, 15) is 9.90 Å². The lowest BCUT2D eigenvalue weighted by Gasteiger charge is -2.00. The zero-order chi connectivity index (χ0) is 13.2. The molecule has 5 heteroatoms. The van der Waals surface area contributed by atoms with E-state index >= 15 is 0 Å². The van der Waals surface area contributed by atoms with Crippen molar-refractivity contribution in [2.24, 2.45) is 0 Å². The molecule has 0 saturated carbocycles. The normalized spacial score (nSPS) is 10.9. The Hall–Kier alpha value is -2.56. The van der Waals surface area contributed by atoms with Crippen molar-refractivity contribution in [1.29, 1.82) is 0 Å². The Bertz CT molecular complexity index is 773. The van der Waals surface area contributed by atoms with Crippen LogP contribution in [-0.2, 0) is 12.8 Å². The van der Waals surface area contributed by atoms with Gasteiger partial charge in [-0.25, -0.2) is 5.10 Å². The predicted octanol–water partition coefficient (Wildman–Crippen LogP) is 1.74. The van der Waals surface area contributed by atoms with E-state index in [0.29, 0.717) is 12.1 Å². The molecule has 0 amide bonds. The molecule has 19 heavy (non-hydrogen) atoms. The molecule has 0 unspecified atom stereocenters. The minimum absolute atomic E-state index is 0.288. The SMILES string of the molecule is O=c1[nH]nc(CCc2c[nH]c3ccccc23)cc1O. The first-order chi connectivity index (χ1) is 9.24. The smallest absolute Gasteiger partial charge is 0.306 e. The number of aryl methyl sites for hydroxylation is 2. The van der Waals surface area contributed by atoms with Crippen LogP contribution in [0.2, 0.25) is 0 Å². The molecule has 0 aliphatic rings. The largest absolute Gasteiger partial charge is 0.503 e. The monoisotopic (exact) mass is 255 g/mol. The third-order valence-electron chi connectivity index (χ3n) is 3.16. The first-order valence-corrected chi connectivity index (χ1v) is 6.06. The van der Waals surface area contributed by atoms with Crippen LogP contribution < -0.4 is 5.56 Å². The summed E-state index contributed by atoms with van der Waals surface area (Å²) >= 11 is 0. The van der Waals surface area contributed by atoms with Crippen LogP contribution >= 0.6 is 0 Å². The van der Waals surface area contributed by atoms with Gasteiger partial charge in [-0.2, -0.15) is 5.10 Å². The second-order valence-corrected chi connectivity index (χ2v) is 4.43. The number of benzene rings is 1. The summed E-state index contributed by atoms with van der Waals surface area (Å²) in [7, 11) is 0. The van der Waals surface area contributed by atoms with Crippen LogP contribution in [0.4, 0.5) is 0 Å². The number of nitrogens with one attached hydrogen (secondary N) is 2. The molecule has 2 aromatic heterocycles. The van der Waals surface area contributed by atoms with Crippen LogP contribution in [-0.4, -0.2) is 20.3 Å². The molecule has 3 rings (SSSR count). The highest BCUT2D eigenvalue weighted by Crippen LogP contribution is 2.19. The second kappa shape index (κ2) is 4.61. The third kappa shape index (κ3) is 2.22. The van der Waals surface area contributed by atoms with Crippen molar-refractivity contribution in [2.45, 2.75) is 12.8 Å². The topological polar surface area (TPSA) is 81.8 Å². The van der Waals surface area contributed by atoms with Crippen molar-refractivity contribution in [1.82, 2.24) is 15.2 Å². The van der Waals surface area contributed by atoms with E-state index in [4.69, 9.17) is 0 Å². The van der Waals surface area contributed by atoms with Gasteiger partial charge >= 0.3 is 5.56 Å². The zero-order valence-electron chi connectivity index (χ0n) is 10.2. The lowest BCUT2D eigenvalue weighted by molar-refractivity contribution is 0.462. The molecule has 2 heterocycles. The van der Waals surface area contributed by atoms with Crippen molar-refractivity contribution < 1.29 is 5.11 Å². The average Bonchev–Trinajstić information content (AvgIpc) is 2.83. The van der Waals surface area contributed by atoms with Gasteiger partial charge in [0.2, 0.25) is 0 Å². The fraction of sp³-hybridized carbons (Fsp3) is 0.143. The number of H-pyrrole nitrogens is 2. The van der Waals surface area contributed by atoms with Gasteiger partial charge in [-0.1, -0.05) is 18.2 Å². The number of nitrogens with zero attached hydrogens (tertiary/aromatic N) is 1. The predicted molar refractivity (Wildman–Crippen MR) is 72.2 cm³/mol. The van der Waals surface area contributed by atoms with Crippen LogP contribution in [0.1, 0.15) is 11.3 Å². The summed E-state index contributed by atoms with van der Waals surface area (Å²) in [6.07, 6.45) is 3.44. The molecule has 3 aromatic rings. The van der Waals surface area contributed by atoms with Gasteiger partial charge in [0.05, 0.1) is 5.69 Å². The Morgan fingerprint density at radius 3 is 2.89 bits per heavy atom. The lowest BCUT2D eigenvalue weighted by atomic mass is 10.1. The highest BCUT2D eigenvalue weighted by Gasteiger charge is 2.05. The molecule has 96 valence electrons. The summed E-state index contributed by atoms with van der Waals surface area (Å²) in [6, 6.07) is 9.50. The standard InChI is InChI=1S/C14H13N3O2/c18-13-7-10(16-17-14(13)19)6-5-9-8-15-12-4-2-1-3-11(9)12/h1-4,7-8,15H,5-6H2,(H,16,18)(H,17,19). The highest BCUT2D eigenvalue weighted by atomic mass is 16.3. The van der Waals surface area contributed by atoms with E-state index in [1.165, 1.54) is 17.0 Å². The van der Waals surface area contributed by atoms with Gasteiger partial charge in [0.25, 0.3) is 0 Å². The van der Waals surface area contributed by atoms with Crippen LogP contribution in [0.3, 0.4) is 0 Å². The summed E-state index contributed by atoms with van der Waals surface area (Å²) in [4.78, 5) is 14.2. The number of aromatic amines is 2. The molecule has 5 nitrogen and oxygen atoms in total. The Balaban J connectivity index is 1.82. The number of fused-ring (bicyclic) bond motifs is 1. The fourth-order valence-electron chi connectivity index (χ4n) is 2.16. The van der Waals surface area contributed by atoms with Gasteiger partial charge in [0.15, 0.2) is 5.75 Å². The molecule has 0 saturated heterocycles. The van der Waals surface area contributed by atoms with E-state index in [1.807, 2.05) is 24.4 Å². The lowest BCUT2D eigenvalue weighted by Crippen LogP contribution is -2.09. The number of hydrogen-bond donors (Lipinski definition) is 3. The van der Waals surface area contributed by atoms with E-state index < -0.39 is 5.56 Å². The van der Waals surface area contributed by atoms with Crippen molar-refractivity contribution in [3.63, 3.8) is 0 Å². The maximum absolute atomic E-state index is 11.0. The molecule has 0 spiro atoms. The molecule has 1 aromatic carbocycles. The Labute approximate surface area is 108 Å². The van der Waals surface area contributed by atoms with Crippen LogP contribution in [0.25, 0.3) is 10.9 Å². The van der Waals surface area contributed by atoms with Crippen LogP contribution in [0.5, 0.6) is 5.75 Å². The summed E-state index contributed by atoms with van der Waals surface area (Å²) < 4.78 is 0. The molecule has 0 aliphatic heterocycles. The summed E-state index contributed by atoms with van der Waals surface area (Å²) in [5, 5.41) is 16.7. The van der Waals surface area contributed by atoms with E-state index in [2.05, 4.69) is 21.2 Å². The van der Waals surface area contributed by atoms with E-state index in [0.717, 1.165) is 11.9 Å². The second-order valence-electron chi connectivity index (χ2n) is 4.43. The summed E-state index contributed by atoms with van der Waals surface area (Å²) in [6.45, 7) is 0. The maximum Gasteiger partial charge on any atom is 0.306 e. The fourth-order valence-corrected chi connectivity index (χ4v) is 2.16.